The number of carbonyl (C=O) groups is 4. The van der Waals surface area contributed by atoms with Crippen LogP contribution in [0.5, 0.6) is 11.6 Å². The fourth-order valence-corrected chi connectivity index (χ4v) is 16.0. The first-order valence-corrected chi connectivity index (χ1v) is 36.2. The molecule has 3 amide bonds. The fourth-order valence-electron chi connectivity index (χ4n) is 11.4. The van der Waals surface area contributed by atoms with Gasteiger partial charge in [0.1, 0.15) is 84.6 Å². The first-order valence-electron chi connectivity index (χ1n) is 31.1. The van der Waals surface area contributed by atoms with Crippen molar-refractivity contribution >= 4 is 118 Å². The third-order valence-electron chi connectivity index (χ3n) is 16.3. The van der Waals surface area contributed by atoms with Gasteiger partial charge in [-0.3, -0.25) is 46.4 Å². The third-order valence-corrected chi connectivity index (χ3v) is 21.2. The van der Waals surface area contributed by atoms with Crippen LogP contribution in [0.15, 0.2) is 113 Å². The lowest BCUT2D eigenvalue weighted by atomic mass is 9.90. The van der Waals surface area contributed by atoms with Gasteiger partial charge in [-0.05, 0) is 96.1 Å². The summed E-state index contributed by atoms with van der Waals surface area (Å²) in [7, 11) is -5.14. The zero-order chi connectivity index (χ0) is 71.4. The topological polar surface area (TPSA) is 461 Å². The van der Waals surface area contributed by atoms with Gasteiger partial charge in [-0.15, -0.1) is 0 Å². The number of carboxylic acids is 1. The van der Waals surface area contributed by atoms with Crippen molar-refractivity contribution in [2.45, 2.75) is 88.1 Å². The van der Waals surface area contributed by atoms with E-state index in [2.05, 4.69) is 56.5 Å². The van der Waals surface area contributed by atoms with E-state index < -0.39 is 125 Å². The number of aromatic nitrogens is 8. The molecule has 4 aliphatic heterocycles. The second-order valence-corrected chi connectivity index (χ2v) is 29.4. The van der Waals surface area contributed by atoms with E-state index in [0.29, 0.717) is 39.0 Å². The van der Waals surface area contributed by atoms with Crippen LogP contribution < -0.4 is 37.7 Å². The summed E-state index contributed by atoms with van der Waals surface area (Å²) in [6.07, 6.45) is -5.93. The molecule has 11 N–H and O–H groups in total. The monoisotopic (exact) mass is 1470 g/mol. The Morgan fingerprint density at radius 1 is 0.782 bits per heavy atom. The molecule has 12 rings (SSSR count). The lowest BCUT2D eigenvalue weighted by Gasteiger charge is -2.28. The van der Waals surface area contributed by atoms with Gasteiger partial charge in [-0.25, -0.2) is 43.2 Å². The standard InChI is InChI=1S/C62H65FN14O20P2S2/c1-30(2)50(75-46(80)24-90-17-16-89-15-14-65-62(100)74-34-8-11-37(40(18-34)61(84)85)48-38-12-9-35(78)19-41(38)93-42-20-36(79)10-13-39(42)48)59(83)72-31(3)57(81)73-33-6-4-32(5-7-33)25-101-99(88)92-23-45-53(49(63)60(95-45)77-29-70-51-54(64)66-26-67-55(51)77)97-98(86,87)91-22-44-43(96-99)21-47(94-44)76-28-71-52-56(76)68-27-69-58(52)82/h4-13,18-20,26-31,43-45,47,49-50,53,60,78H,14-17,21-25H2,1-3H3,(H,72,83)(H,73,81)(H,75,80)(H,84,85)(H,86,87)(H2,64,66,67)(H2,65,74,100)(H,68,69,82)/t31-,43-,44+,45+,47+,49+,50-,53+,60+,99?/m0/s1. The number of nitrogens with zero attached hydrogens (tertiary/aromatic N) is 8. The number of fused-ring (bicyclic) bond motifs is 6. The normalized spacial score (nSPS) is 23.0. The number of nitrogen functional groups attached to an aromatic ring is 1. The molecule has 0 saturated carbocycles. The van der Waals surface area contributed by atoms with E-state index in [-0.39, 0.29) is 99.9 Å². The van der Waals surface area contributed by atoms with Crippen LogP contribution in [0.1, 0.15) is 55.6 Å². The van der Waals surface area contributed by atoms with Gasteiger partial charge in [0.05, 0.1) is 51.3 Å². The number of imidazole rings is 2. The maximum Gasteiger partial charge on any atom is 0.472 e. The second-order valence-electron chi connectivity index (χ2n) is 23.6. The van der Waals surface area contributed by atoms with Gasteiger partial charge in [-0.2, -0.15) is 4.98 Å². The number of phenols is 1. The number of benzene rings is 4. The average molecular weight is 1470 g/mol. The van der Waals surface area contributed by atoms with Crippen molar-refractivity contribution in [1.82, 2.24) is 55.0 Å². The molecule has 2 unspecified atom stereocenters. The molecule has 11 atom stereocenters. The number of nitrogens with two attached hydrogens (primary N) is 1. The minimum absolute atomic E-state index is 0.00731. The summed E-state index contributed by atoms with van der Waals surface area (Å²) >= 11 is 6.19. The van der Waals surface area contributed by atoms with E-state index >= 15 is 8.96 Å². The Bertz CT molecular complexity index is 4750. The summed E-state index contributed by atoms with van der Waals surface area (Å²) in [5.41, 5.74) is 8.80. The Morgan fingerprint density at radius 3 is 2.29 bits per heavy atom. The Kier molecular flexibility index (Phi) is 21.7. The Balaban J connectivity index is 0.602. The van der Waals surface area contributed by atoms with E-state index in [1.807, 2.05) is 0 Å². The highest BCUT2D eigenvalue weighted by atomic mass is 32.7. The van der Waals surface area contributed by atoms with Crippen LogP contribution in [-0.2, 0) is 66.3 Å². The van der Waals surface area contributed by atoms with Crippen molar-refractivity contribution in [3.8, 4) is 34.1 Å². The number of aromatic hydroxyl groups is 2. The highest BCUT2D eigenvalue weighted by molar-refractivity contribution is 8.54. The average Bonchev–Trinajstić information content (AvgIpc) is 1.37. The summed E-state index contributed by atoms with van der Waals surface area (Å²) in [4.78, 5) is 100. The van der Waals surface area contributed by atoms with Gasteiger partial charge >= 0.3 is 20.6 Å². The lowest BCUT2D eigenvalue weighted by molar-refractivity contribution is -0.133. The Morgan fingerprint density at radius 2 is 1.50 bits per heavy atom. The molecule has 8 heterocycles. The Hall–Kier alpha value is -9.20. The number of hydrogen-bond donors (Lipinski definition) is 10. The summed E-state index contributed by atoms with van der Waals surface area (Å²) < 4.78 is 101. The number of thiocarbonyl (C=S) groups is 1. The fraction of sp³-hybridized carbons (Fsp3) is 0.355. The van der Waals surface area contributed by atoms with Gasteiger partial charge in [0, 0.05) is 58.7 Å². The SMILES string of the molecule is CC(C)[C@H](NC(=O)COCCOCCNC(=S)Nc1ccc(-c2c3ccc(=O)cc-3oc3cc(O)ccc23)c(C(=O)O)c1)C(=O)N[C@@H](C)C(=O)Nc1ccc(CSP2(=O)OC[C@H]3O[C@@H](n4cnc5c(N)ncnc54)[C@H](F)[C@@H]3OP(=O)(O)OC[C@H]3O[C@@H](n4cnc5c(O)ncnc54)C[C@@H]3O2)cc1. The minimum atomic E-state index is -5.14. The molecule has 3 aromatic carbocycles. The van der Waals surface area contributed by atoms with Crippen molar-refractivity contribution in [3.05, 3.63) is 126 Å². The van der Waals surface area contributed by atoms with Crippen LogP contribution in [0.3, 0.4) is 0 Å². The smallest absolute Gasteiger partial charge is 0.472 e. The molecule has 532 valence electrons. The molecule has 0 bridgehead atoms. The summed E-state index contributed by atoms with van der Waals surface area (Å²) in [6, 6.07) is 17.5. The van der Waals surface area contributed by atoms with Crippen LogP contribution in [0.2, 0.25) is 0 Å². The predicted molar refractivity (Wildman–Crippen MR) is 363 cm³/mol. The number of halogens is 1. The number of amides is 3. The van der Waals surface area contributed by atoms with Gasteiger partial charge in [0.25, 0.3) is 0 Å². The number of carboxylic acid groups (broad SMARTS) is 1. The number of carbonyl (C=O) groups excluding carboxylic acids is 3. The highest BCUT2D eigenvalue weighted by Gasteiger charge is 2.53. The molecule has 5 aliphatic rings. The molecule has 7 aromatic rings. The summed E-state index contributed by atoms with van der Waals surface area (Å²) in [5, 5.41) is 45.5. The first-order chi connectivity index (χ1) is 48.4. The van der Waals surface area contributed by atoms with Crippen LogP contribution in [-0.4, -0.2) is 177 Å². The minimum Gasteiger partial charge on any atom is -0.508 e. The number of phosphoric acid groups is 1. The molecule has 39 heteroatoms. The number of phosphoric ester groups is 1. The number of phenolic OH excluding ortho intramolecular Hbond substituents is 1. The number of ether oxygens (including phenoxy) is 4. The Labute approximate surface area is 580 Å². The number of nitrogens with one attached hydrogen (secondary N) is 5. The molecule has 4 aromatic heterocycles. The largest absolute Gasteiger partial charge is 0.508 e. The highest BCUT2D eigenvalue weighted by Crippen LogP contribution is 2.65. The maximum absolute atomic E-state index is 16.7. The molecule has 0 radical (unpaired) electrons. The van der Waals surface area contributed by atoms with E-state index in [0.717, 1.165) is 24.0 Å². The lowest BCUT2D eigenvalue weighted by Crippen LogP contribution is -2.54. The van der Waals surface area contributed by atoms with Gasteiger partial charge in [0.2, 0.25) is 23.6 Å². The second kappa shape index (κ2) is 30.6. The van der Waals surface area contributed by atoms with Crippen molar-refractivity contribution in [2.24, 2.45) is 5.92 Å². The van der Waals surface area contributed by atoms with E-state index in [4.69, 9.17) is 59.4 Å². The molecular weight excluding hydrogens is 1410 g/mol. The number of alkyl halides is 1. The molecular formula is C62H65FN14O20P2S2. The van der Waals surface area contributed by atoms with Crippen molar-refractivity contribution in [2.75, 3.05) is 62.6 Å². The van der Waals surface area contributed by atoms with Crippen molar-refractivity contribution < 1.29 is 94.4 Å². The van der Waals surface area contributed by atoms with Gasteiger partial charge in [-0.1, -0.05) is 32.0 Å². The van der Waals surface area contributed by atoms with Crippen molar-refractivity contribution in [1.29, 1.82) is 0 Å². The van der Waals surface area contributed by atoms with E-state index in [1.165, 1.54) is 59.0 Å². The third kappa shape index (κ3) is 16.4. The number of rotatable bonds is 22. The molecule has 0 spiro atoms. The van der Waals surface area contributed by atoms with Crippen LogP contribution >= 0.6 is 38.2 Å². The molecule has 34 nitrogen and oxygen atoms in total. The molecule has 3 fully saturated rings. The first kappa shape index (κ1) is 71.6. The van der Waals surface area contributed by atoms with Crippen LogP contribution in [0, 0.1) is 5.92 Å². The van der Waals surface area contributed by atoms with Crippen LogP contribution in [0.4, 0.5) is 21.6 Å². The number of hydrogen-bond acceptors (Lipinski definition) is 27. The summed E-state index contributed by atoms with van der Waals surface area (Å²) in [6.45, 7) is -0.883. The van der Waals surface area contributed by atoms with Crippen molar-refractivity contribution in [3.63, 3.8) is 0 Å². The van der Waals surface area contributed by atoms with Crippen LogP contribution in [0.25, 0.3) is 55.7 Å². The quantitative estimate of drug-likeness (QED) is 0.0153. The number of anilines is 3. The zero-order valence-corrected chi connectivity index (χ0v) is 56.9. The zero-order valence-electron chi connectivity index (χ0n) is 53.5. The number of aromatic carboxylic acids is 1. The maximum atomic E-state index is 16.7. The van der Waals surface area contributed by atoms with Gasteiger partial charge < -0.3 is 75.9 Å². The molecule has 1 aliphatic carbocycles. The van der Waals surface area contributed by atoms with Gasteiger partial charge in [0.15, 0.2) is 45.6 Å². The van der Waals surface area contributed by atoms with E-state index in [9.17, 15) is 48.8 Å². The van der Waals surface area contributed by atoms with E-state index in [1.54, 1.807) is 62.4 Å². The summed E-state index contributed by atoms with van der Waals surface area (Å²) in [5.74, 6) is -3.81. The predicted octanol–water partition coefficient (Wildman–Crippen LogP) is 6.32. The molecule has 3 saturated heterocycles. The molecule has 101 heavy (non-hydrogen) atoms.